The fourth-order valence-electron chi connectivity index (χ4n) is 1.52. The summed E-state index contributed by atoms with van der Waals surface area (Å²) in [5.74, 6) is -2.45. The van der Waals surface area contributed by atoms with E-state index in [1.54, 1.807) is 0 Å². The Labute approximate surface area is 107 Å². The van der Waals surface area contributed by atoms with Gasteiger partial charge >= 0.3 is 0 Å². The van der Waals surface area contributed by atoms with Crippen molar-refractivity contribution in [2.75, 3.05) is 6.54 Å². The molecule has 1 aromatic heterocycles. The van der Waals surface area contributed by atoms with Crippen LogP contribution >= 0.6 is 0 Å². The minimum atomic E-state index is -1.12. The predicted octanol–water partition coefficient (Wildman–Crippen LogP) is 2.02. The van der Waals surface area contributed by atoms with Crippen LogP contribution in [0.2, 0.25) is 0 Å². The Morgan fingerprint density at radius 1 is 1.32 bits per heavy atom. The number of aliphatic hydroxyl groups excluding tert-OH is 1. The van der Waals surface area contributed by atoms with E-state index >= 15 is 0 Å². The summed E-state index contributed by atoms with van der Waals surface area (Å²) >= 11 is 0. The van der Waals surface area contributed by atoms with Crippen molar-refractivity contribution in [1.82, 2.24) is 5.32 Å². The largest absolute Gasteiger partial charge is 0.472 e. The smallest absolute Gasteiger partial charge is 0.254 e. The van der Waals surface area contributed by atoms with Crippen LogP contribution in [0.25, 0.3) is 0 Å². The van der Waals surface area contributed by atoms with Crippen LogP contribution < -0.4 is 5.32 Å². The van der Waals surface area contributed by atoms with E-state index in [0.29, 0.717) is 5.56 Å². The molecule has 0 saturated heterocycles. The molecule has 6 heteroatoms. The molecule has 1 aromatic carbocycles. The van der Waals surface area contributed by atoms with Crippen LogP contribution in [0.4, 0.5) is 8.78 Å². The maximum Gasteiger partial charge on any atom is 0.254 e. The Morgan fingerprint density at radius 2 is 2.11 bits per heavy atom. The van der Waals surface area contributed by atoms with E-state index in [2.05, 4.69) is 5.32 Å². The molecule has 0 bridgehead atoms. The van der Waals surface area contributed by atoms with E-state index in [0.717, 1.165) is 12.1 Å². The van der Waals surface area contributed by atoms with Gasteiger partial charge in [-0.15, -0.1) is 0 Å². The lowest BCUT2D eigenvalue weighted by molar-refractivity contribution is 0.0915. The summed E-state index contributed by atoms with van der Waals surface area (Å²) in [6, 6.07) is 4.54. The first-order chi connectivity index (χ1) is 9.08. The van der Waals surface area contributed by atoms with Gasteiger partial charge in [-0.1, -0.05) is 6.07 Å². The highest BCUT2D eigenvalue weighted by atomic mass is 19.2. The molecule has 0 fully saturated rings. The third kappa shape index (κ3) is 3.17. The summed E-state index contributed by atoms with van der Waals surface area (Å²) < 4.78 is 30.4. The standard InChI is InChI=1S/C13H11F2NO3/c14-10-2-1-8(5-11(10)15)12(17)6-16-13(18)9-3-4-19-7-9/h1-5,7,12,17H,6H2,(H,16,18). The molecule has 19 heavy (non-hydrogen) atoms. The normalized spacial score (nSPS) is 12.2. The van der Waals surface area contributed by atoms with Crippen molar-refractivity contribution in [3.8, 4) is 0 Å². The van der Waals surface area contributed by atoms with Crippen molar-refractivity contribution in [2.24, 2.45) is 0 Å². The number of benzene rings is 1. The molecule has 2 aromatic rings. The second-order valence-electron chi connectivity index (χ2n) is 3.91. The van der Waals surface area contributed by atoms with Gasteiger partial charge in [0.2, 0.25) is 0 Å². The van der Waals surface area contributed by atoms with E-state index in [1.807, 2.05) is 0 Å². The molecule has 100 valence electrons. The van der Waals surface area contributed by atoms with Gasteiger partial charge in [0, 0.05) is 6.54 Å². The fraction of sp³-hybridized carbons (Fsp3) is 0.154. The molecule has 1 amide bonds. The van der Waals surface area contributed by atoms with Crippen LogP contribution in [0.5, 0.6) is 0 Å². The molecular weight excluding hydrogens is 256 g/mol. The monoisotopic (exact) mass is 267 g/mol. The maximum atomic E-state index is 13.0. The fourth-order valence-corrected chi connectivity index (χ4v) is 1.52. The minimum Gasteiger partial charge on any atom is -0.472 e. The third-order valence-electron chi connectivity index (χ3n) is 2.57. The van der Waals surface area contributed by atoms with Crippen molar-refractivity contribution in [3.05, 3.63) is 59.6 Å². The van der Waals surface area contributed by atoms with Gasteiger partial charge in [0.15, 0.2) is 11.6 Å². The highest BCUT2D eigenvalue weighted by Crippen LogP contribution is 2.15. The topological polar surface area (TPSA) is 62.5 Å². The lowest BCUT2D eigenvalue weighted by Gasteiger charge is -2.12. The molecule has 0 radical (unpaired) electrons. The molecule has 1 heterocycles. The van der Waals surface area contributed by atoms with Crippen LogP contribution in [0.1, 0.15) is 22.0 Å². The first-order valence-corrected chi connectivity index (χ1v) is 5.51. The van der Waals surface area contributed by atoms with Crippen molar-refractivity contribution in [1.29, 1.82) is 0 Å². The summed E-state index contributed by atoms with van der Waals surface area (Å²) in [5.41, 5.74) is 0.504. The van der Waals surface area contributed by atoms with Crippen LogP contribution in [-0.4, -0.2) is 17.6 Å². The van der Waals surface area contributed by atoms with E-state index in [9.17, 15) is 18.7 Å². The van der Waals surface area contributed by atoms with Crippen molar-refractivity contribution in [3.63, 3.8) is 0 Å². The second-order valence-corrected chi connectivity index (χ2v) is 3.91. The lowest BCUT2D eigenvalue weighted by atomic mass is 10.1. The van der Waals surface area contributed by atoms with E-state index in [-0.39, 0.29) is 12.1 Å². The van der Waals surface area contributed by atoms with Gasteiger partial charge in [-0.3, -0.25) is 4.79 Å². The Balaban J connectivity index is 1.95. The number of carbonyl (C=O) groups excluding carboxylic acids is 1. The Bertz CT molecular complexity index is 569. The van der Waals surface area contributed by atoms with Crippen LogP contribution in [0.15, 0.2) is 41.2 Å². The van der Waals surface area contributed by atoms with E-state index < -0.39 is 23.6 Å². The SMILES string of the molecule is O=C(NCC(O)c1ccc(F)c(F)c1)c1ccoc1. The summed E-state index contributed by atoms with van der Waals surface area (Å²) in [7, 11) is 0. The summed E-state index contributed by atoms with van der Waals surface area (Å²) in [6.45, 7) is -0.116. The summed E-state index contributed by atoms with van der Waals surface area (Å²) in [4.78, 5) is 11.5. The molecule has 2 N–H and O–H groups in total. The van der Waals surface area contributed by atoms with Gasteiger partial charge in [-0.25, -0.2) is 8.78 Å². The molecule has 0 saturated carbocycles. The number of nitrogens with one attached hydrogen (secondary N) is 1. The van der Waals surface area contributed by atoms with Gasteiger partial charge < -0.3 is 14.8 Å². The molecule has 0 aliphatic rings. The molecular formula is C13H11F2NO3. The third-order valence-corrected chi connectivity index (χ3v) is 2.57. The highest BCUT2D eigenvalue weighted by molar-refractivity contribution is 5.93. The Hall–Kier alpha value is -2.21. The first-order valence-electron chi connectivity index (χ1n) is 5.51. The molecule has 1 atom stereocenters. The van der Waals surface area contributed by atoms with Gasteiger partial charge in [-0.2, -0.15) is 0 Å². The number of halogens is 2. The number of carbonyl (C=O) groups is 1. The van der Waals surface area contributed by atoms with Gasteiger partial charge in [0.05, 0.1) is 17.9 Å². The zero-order valence-corrected chi connectivity index (χ0v) is 9.77. The average molecular weight is 267 g/mol. The Morgan fingerprint density at radius 3 is 2.74 bits per heavy atom. The number of furan rings is 1. The molecule has 4 nitrogen and oxygen atoms in total. The quantitative estimate of drug-likeness (QED) is 0.890. The van der Waals surface area contributed by atoms with Crippen molar-refractivity contribution in [2.45, 2.75) is 6.10 Å². The van der Waals surface area contributed by atoms with Gasteiger partial charge in [-0.05, 0) is 23.8 Å². The lowest BCUT2D eigenvalue weighted by Crippen LogP contribution is -2.28. The van der Waals surface area contributed by atoms with Crippen LogP contribution in [0.3, 0.4) is 0 Å². The number of aliphatic hydroxyl groups is 1. The van der Waals surface area contributed by atoms with Crippen molar-refractivity contribution >= 4 is 5.91 Å². The first kappa shape index (κ1) is 13.2. The molecule has 0 aliphatic heterocycles. The minimum absolute atomic E-state index is 0.116. The molecule has 1 unspecified atom stereocenters. The predicted molar refractivity (Wildman–Crippen MR) is 62.4 cm³/mol. The van der Waals surface area contributed by atoms with Gasteiger partial charge in [0.25, 0.3) is 5.91 Å². The maximum absolute atomic E-state index is 13.0. The van der Waals surface area contributed by atoms with Crippen molar-refractivity contribution < 1.29 is 23.1 Å². The number of amides is 1. The zero-order valence-electron chi connectivity index (χ0n) is 9.77. The van der Waals surface area contributed by atoms with E-state index in [4.69, 9.17) is 4.42 Å². The molecule has 0 aliphatic carbocycles. The average Bonchev–Trinajstić information content (AvgIpc) is 2.92. The van der Waals surface area contributed by atoms with Gasteiger partial charge in [0.1, 0.15) is 6.26 Å². The van der Waals surface area contributed by atoms with Crippen LogP contribution in [-0.2, 0) is 0 Å². The highest BCUT2D eigenvalue weighted by Gasteiger charge is 2.13. The van der Waals surface area contributed by atoms with E-state index in [1.165, 1.54) is 24.7 Å². The number of rotatable bonds is 4. The number of hydrogen-bond acceptors (Lipinski definition) is 3. The molecule has 2 rings (SSSR count). The zero-order chi connectivity index (χ0) is 13.8. The summed E-state index contributed by atoms with van der Waals surface area (Å²) in [6.07, 6.45) is 1.49. The molecule has 0 spiro atoms. The van der Waals surface area contributed by atoms with Crippen LogP contribution in [0, 0.1) is 11.6 Å². The summed E-state index contributed by atoms with van der Waals surface area (Å²) in [5, 5.41) is 12.2. The number of hydrogen-bond donors (Lipinski definition) is 2. The second kappa shape index (κ2) is 5.62. The Kier molecular flexibility index (Phi) is 3.91.